The molecule has 92 valence electrons. The molecular weight excluding hydrogens is 221 g/mol. The van der Waals surface area contributed by atoms with Gasteiger partial charge in [0.05, 0.1) is 0 Å². The average Bonchev–Trinajstić information content (AvgIpc) is 2.85. The maximum Gasteiger partial charge on any atom is 0.415 e. The number of hydrogen-bond acceptors (Lipinski definition) is 2. The van der Waals surface area contributed by atoms with Crippen molar-refractivity contribution in [3.05, 3.63) is 29.6 Å². The first kappa shape index (κ1) is 11.9. The van der Waals surface area contributed by atoms with E-state index in [4.69, 9.17) is 4.74 Å². The number of likely N-dealkylation sites (tertiary alicyclic amines) is 1. The van der Waals surface area contributed by atoms with E-state index in [1.54, 1.807) is 17.0 Å². The zero-order valence-electron chi connectivity index (χ0n) is 9.91. The number of ether oxygens (including phenoxy) is 1. The van der Waals surface area contributed by atoms with Crippen molar-refractivity contribution < 1.29 is 13.9 Å². The molecule has 1 amide bonds. The lowest BCUT2D eigenvalue weighted by Gasteiger charge is -2.15. The average molecular weight is 237 g/mol. The lowest BCUT2D eigenvalue weighted by molar-refractivity contribution is 0.160. The molecule has 1 aromatic carbocycles. The van der Waals surface area contributed by atoms with Crippen molar-refractivity contribution in [2.45, 2.75) is 26.2 Å². The fourth-order valence-corrected chi connectivity index (χ4v) is 1.97. The molecule has 3 nitrogen and oxygen atoms in total. The van der Waals surface area contributed by atoms with Crippen LogP contribution >= 0.6 is 0 Å². The van der Waals surface area contributed by atoms with Crippen LogP contribution in [-0.4, -0.2) is 24.1 Å². The van der Waals surface area contributed by atoms with Crippen molar-refractivity contribution in [1.29, 1.82) is 0 Å². The third-order valence-electron chi connectivity index (χ3n) is 2.99. The number of benzene rings is 1. The fourth-order valence-electron chi connectivity index (χ4n) is 1.97. The second kappa shape index (κ2) is 5.17. The molecule has 1 aliphatic heterocycles. The van der Waals surface area contributed by atoms with Crippen LogP contribution in [0.2, 0.25) is 0 Å². The molecule has 0 radical (unpaired) electrons. The van der Waals surface area contributed by atoms with Gasteiger partial charge in [0.2, 0.25) is 0 Å². The van der Waals surface area contributed by atoms with Gasteiger partial charge < -0.3 is 9.64 Å². The van der Waals surface area contributed by atoms with Gasteiger partial charge in [-0.2, -0.15) is 0 Å². The second-order valence-electron chi connectivity index (χ2n) is 4.14. The molecule has 0 saturated carbocycles. The van der Waals surface area contributed by atoms with Crippen molar-refractivity contribution in [2.24, 2.45) is 0 Å². The molecule has 0 spiro atoms. The van der Waals surface area contributed by atoms with Crippen LogP contribution in [0.3, 0.4) is 0 Å². The summed E-state index contributed by atoms with van der Waals surface area (Å²) < 4.78 is 18.9. The normalized spacial score (nSPS) is 15.1. The van der Waals surface area contributed by atoms with Crippen molar-refractivity contribution in [3.8, 4) is 5.75 Å². The summed E-state index contributed by atoms with van der Waals surface area (Å²) in [5, 5.41) is 0. The van der Waals surface area contributed by atoms with Crippen LogP contribution in [0.5, 0.6) is 5.75 Å². The monoisotopic (exact) mass is 237 g/mol. The molecular formula is C13H16FNO2. The largest absolute Gasteiger partial charge is 0.415 e. The second-order valence-corrected chi connectivity index (χ2v) is 4.14. The molecule has 1 heterocycles. The number of halogens is 1. The number of carbonyl (C=O) groups excluding carboxylic acids is 1. The maximum absolute atomic E-state index is 13.8. The highest BCUT2D eigenvalue weighted by Gasteiger charge is 2.21. The van der Waals surface area contributed by atoms with E-state index in [2.05, 4.69) is 0 Å². The zero-order valence-corrected chi connectivity index (χ0v) is 9.91. The van der Waals surface area contributed by atoms with E-state index in [9.17, 15) is 9.18 Å². The smallest absolute Gasteiger partial charge is 0.407 e. The first-order valence-electron chi connectivity index (χ1n) is 5.96. The summed E-state index contributed by atoms with van der Waals surface area (Å²) in [5.41, 5.74) is 0.566. The minimum absolute atomic E-state index is 0.0289. The van der Waals surface area contributed by atoms with Crippen LogP contribution in [0.15, 0.2) is 18.2 Å². The van der Waals surface area contributed by atoms with E-state index in [1.165, 1.54) is 6.07 Å². The highest BCUT2D eigenvalue weighted by atomic mass is 19.1. The van der Waals surface area contributed by atoms with Crippen LogP contribution in [0, 0.1) is 5.82 Å². The lowest BCUT2D eigenvalue weighted by atomic mass is 10.1. The molecule has 1 saturated heterocycles. The minimum Gasteiger partial charge on any atom is -0.407 e. The zero-order chi connectivity index (χ0) is 12.3. The van der Waals surface area contributed by atoms with E-state index in [-0.39, 0.29) is 5.75 Å². The van der Waals surface area contributed by atoms with Crippen LogP contribution in [-0.2, 0) is 6.42 Å². The number of hydrogen-bond donors (Lipinski definition) is 0. The summed E-state index contributed by atoms with van der Waals surface area (Å²) in [5.74, 6) is -0.399. The van der Waals surface area contributed by atoms with Gasteiger partial charge in [0, 0.05) is 13.1 Å². The summed E-state index contributed by atoms with van der Waals surface area (Å²) >= 11 is 0. The molecule has 1 fully saturated rings. The Balaban J connectivity index is 2.10. The molecule has 17 heavy (non-hydrogen) atoms. The van der Waals surface area contributed by atoms with E-state index in [1.807, 2.05) is 6.92 Å². The summed E-state index contributed by atoms with van der Waals surface area (Å²) in [4.78, 5) is 13.3. The molecule has 4 heteroatoms. The van der Waals surface area contributed by atoms with Crippen molar-refractivity contribution in [3.63, 3.8) is 0 Å². The van der Waals surface area contributed by atoms with Gasteiger partial charge in [-0.25, -0.2) is 9.18 Å². The Morgan fingerprint density at radius 2 is 2.12 bits per heavy atom. The molecule has 0 aliphatic carbocycles. The third-order valence-corrected chi connectivity index (χ3v) is 2.99. The Hall–Kier alpha value is -1.58. The number of amides is 1. The summed E-state index contributed by atoms with van der Waals surface area (Å²) in [6.07, 6.45) is 2.12. The number of rotatable bonds is 2. The number of nitrogens with zero attached hydrogens (tertiary/aromatic N) is 1. The highest BCUT2D eigenvalue weighted by Crippen LogP contribution is 2.22. The molecule has 0 aromatic heterocycles. The fraction of sp³-hybridized carbons (Fsp3) is 0.462. The molecule has 0 unspecified atom stereocenters. The number of aryl methyl sites for hydroxylation is 1. The van der Waals surface area contributed by atoms with Gasteiger partial charge >= 0.3 is 6.09 Å². The van der Waals surface area contributed by atoms with Crippen LogP contribution in [0.1, 0.15) is 25.3 Å². The molecule has 2 rings (SSSR count). The molecule has 1 aromatic rings. The highest BCUT2D eigenvalue weighted by molar-refractivity contribution is 5.71. The topological polar surface area (TPSA) is 29.5 Å². The van der Waals surface area contributed by atoms with Gasteiger partial charge in [-0.15, -0.1) is 0 Å². The van der Waals surface area contributed by atoms with Gasteiger partial charge in [-0.05, 0) is 30.9 Å². The van der Waals surface area contributed by atoms with Gasteiger partial charge in [-0.3, -0.25) is 0 Å². The van der Waals surface area contributed by atoms with E-state index >= 15 is 0 Å². The Bertz CT molecular complexity index is 414. The SMILES string of the molecule is CCc1cccc(OC(=O)N2CCCC2)c1F. The molecule has 1 aliphatic rings. The van der Waals surface area contributed by atoms with Crippen molar-refractivity contribution >= 4 is 6.09 Å². The predicted octanol–water partition coefficient (Wildman–Crippen LogP) is 2.98. The minimum atomic E-state index is -0.449. The lowest BCUT2D eigenvalue weighted by Crippen LogP contribution is -2.30. The quantitative estimate of drug-likeness (QED) is 0.791. The van der Waals surface area contributed by atoms with Crippen LogP contribution < -0.4 is 4.74 Å². The molecule has 0 atom stereocenters. The van der Waals surface area contributed by atoms with E-state index < -0.39 is 11.9 Å². The van der Waals surface area contributed by atoms with Gasteiger partial charge in [0.25, 0.3) is 0 Å². The Labute approximate surface area is 100 Å². The summed E-state index contributed by atoms with van der Waals surface area (Å²) in [7, 11) is 0. The molecule has 0 N–H and O–H groups in total. The van der Waals surface area contributed by atoms with Crippen molar-refractivity contribution in [1.82, 2.24) is 4.90 Å². The first-order valence-corrected chi connectivity index (χ1v) is 5.96. The van der Waals surface area contributed by atoms with Crippen LogP contribution in [0.25, 0.3) is 0 Å². The van der Waals surface area contributed by atoms with Gasteiger partial charge in [-0.1, -0.05) is 19.1 Å². The third kappa shape index (κ3) is 2.57. The number of carbonyl (C=O) groups is 1. The maximum atomic E-state index is 13.8. The predicted molar refractivity (Wildman–Crippen MR) is 62.6 cm³/mol. The van der Waals surface area contributed by atoms with E-state index in [0.29, 0.717) is 25.1 Å². The molecule has 0 bridgehead atoms. The Kier molecular flexibility index (Phi) is 3.61. The Morgan fingerprint density at radius 1 is 1.41 bits per heavy atom. The van der Waals surface area contributed by atoms with Crippen LogP contribution in [0.4, 0.5) is 9.18 Å². The Morgan fingerprint density at radius 3 is 2.76 bits per heavy atom. The summed E-state index contributed by atoms with van der Waals surface area (Å²) in [6, 6.07) is 4.89. The van der Waals surface area contributed by atoms with E-state index in [0.717, 1.165) is 12.8 Å². The van der Waals surface area contributed by atoms with Gasteiger partial charge in [0.1, 0.15) is 0 Å². The van der Waals surface area contributed by atoms with Gasteiger partial charge in [0.15, 0.2) is 11.6 Å². The standard InChI is InChI=1S/C13H16FNO2/c1-2-10-6-5-7-11(12(10)14)17-13(16)15-8-3-4-9-15/h5-7H,2-4,8-9H2,1H3. The first-order chi connectivity index (χ1) is 8.22. The summed E-state index contributed by atoms with van der Waals surface area (Å²) in [6.45, 7) is 3.27. The van der Waals surface area contributed by atoms with Crippen molar-refractivity contribution in [2.75, 3.05) is 13.1 Å².